The van der Waals surface area contributed by atoms with E-state index < -0.39 is 0 Å². The van der Waals surface area contributed by atoms with Gasteiger partial charge in [-0.3, -0.25) is 9.79 Å². The van der Waals surface area contributed by atoms with Crippen molar-refractivity contribution in [3.05, 3.63) is 29.8 Å². The van der Waals surface area contributed by atoms with E-state index in [1.165, 1.54) is 5.56 Å². The first kappa shape index (κ1) is 22.5. The van der Waals surface area contributed by atoms with E-state index in [0.717, 1.165) is 31.7 Å². The molecule has 1 aromatic rings. The highest BCUT2D eigenvalue weighted by molar-refractivity contribution is 14.0. The van der Waals surface area contributed by atoms with Gasteiger partial charge in [0, 0.05) is 33.1 Å². The Morgan fingerprint density at radius 3 is 2.33 bits per heavy atom. The zero-order valence-corrected chi connectivity index (χ0v) is 17.1. The summed E-state index contributed by atoms with van der Waals surface area (Å²) in [6.07, 6.45) is 2.29. The summed E-state index contributed by atoms with van der Waals surface area (Å²) in [5.41, 5.74) is 1.23. The summed E-state index contributed by atoms with van der Waals surface area (Å²) in [6.45, 7) is 4.10. The summed E-state index contributed by atoms with van der Waals surface area (Å²) in [5.74, 6) is 1.63. The van der Waals surface area contributed by atoms with Crippen LogP contribution < -0.4 is 20.7 Å². The smallest absolute Gasteiger partial charge is 0.221 e. The molecule has 3 N–H and O–H groups in total. The second kappa shape index (κ2) is 13.9. The molecule has 7 heteroatoms. The number of nitrogens with zero attached hydrogens (tertiary/aromatic N) is 1. The van der Waals surface area contributed by atoms with Gasteiger partial charge in [-0.15, -0.1) is 24.0 Å². The Labute approximate surface area is 161 Å². The van der Waals surface area contributed by atoms with Crippen molar-refractivity contribution in [1.29, 1.82) is 0 Å². The summed E-state index contributed by atoms with van der Waals surface area (Å²) < 4.78 is 5.14. The average molecular weight is 448 g/mol. The van der Waals surface area contributed by atoms with Crippen LogP contribution >= 0.6 is 24.0 Å². The molecule has 0 fully saturated rings. The van der Waals surface area contributed by atoms with E-state index in [1.54, 1.807) is 14.2 Å². The summed E-state index contributed by atoms with van der Waals surface area (Å²) in [4.78, 5) is 15.6. The Kier molecular flexibility index (Phi) is 13.0. The Balaban J connectivity index is 0.00000529. The normalized spacial score (nSPS) is 10.5. The monoisotopic (exact) mass is 448 g/mol. The van der Waals surface area contributed by atoms with E-state index in [2.05, 4.69) is 33.1 Å². The molecule has 0 aliphatic heterocycles. The second-order valence-electron chi connectivity index (χ2n) is 5.12. The molecule has 0 heterocycles. The van der Waals surface area contributed by atoms with E-state index >= 15 is 0 Å². The van der Waals surface area contributed by atoms with Crippen molar-refractivity contribution in [2.24, 2.45) is 4.99 Å². The number of methoxy groups -OCH3 is 1. The fourth-order valence-corrected chi connectivity index (χ4v) is 1.99. The van der Waals surface area contributed by atoms with Gasteiger partial charge in [-0.25, -0.2) is 0 Å². The number of amides is 1. The van der Waals surface area contributed by atoms with Crippen LogP contribution in [-0.4, -0.2) is 45.7 Å². The number of hydrogen-bond donors (Lipinski definition) is 3. The molecular formula is C17H29IN4O2. The van der Waals surface area contributed by atoms with E-state index in [-0.39, 0.29) is 29.9 Å². The summed E-state index contributed by atoms with van der Waals surface area (Å²) >= 11 is 0. The van der Waals surface area contributed by atoms with Crippen molar-refractivity contribution in [3.63, 3.8) is 0 Å². The number of carbonyl (C=O) groups is 1. The average Bonchev–Trinajstić information content (AvgIpc) is 2.59. The third kappa shape index (κ3) is 9.59. The lowest BCUT2D eigenvalue weighted by Crippen LogP contribution is -2.40. The standard InChI is InChI=1S/C17H28N4O2.HI/c1-4-11-19-16(22)10-13-21-17(18-2)20-12-9-14-5-7-15(23-3)8-6-14;/h5-8H,4,9-13H2,1-3H3,(H,19,22)(H2,18,20,21);1H. The fraction of sp³-hybridized carbons (Fsp3) is 0.529. The maximum atomic E-state index is 11.5. The highest BCUT2D eigenvalue weighted by Crippen LogP contribution is 2.11. The molecule has 1 aromatic carbocycles. The zero-order valence-electron chi connectivity index (χ0n) is 14.7. The molecule has 0 radical (unpaired) electrons. The Bertz CT molecular complexity index is 492. The summed E-state index contributed by atoms with van der Waals surface area (Å²) in [7, 11) is 3.38. The molecular weight excluding hydrogens is 419 g/mol. The Morgan fingerprint density at radius 1 is 1.08 bits per heavy atom. The summed E-state index contributed by atoms with van der Waals surface area (Å²) in [5, 5.41) is 9.23. The Hall–Kier alpha value is -1.51. The minimum absolute atomic E-state index is 0. The maximum absolute atomic E-state index is 11.5. The number of guanidine groups is 1. The lowest BCUT2D eigenvalue weighted by molar-refractivity contribution is -0.120. The van der Waals surface area contributed by atoms with E-state index in [4.69, 9.17) is 4.74 Å². The van der Waals surface area contributed by atoms with Gasteiger partial charge in [0.2, 0.25) is 5.91 Å². The maximum Gasteiger partial charge on any atom is 0.221 e. The fourth-order valence-electron chi connectivity index (χ4n) is 1.99. The van der Waals surface area contributed by atoms with Gasteiger partial charge in [-0.05, 0) is 30.5 Å². The predicted molar refractivity (Wildman–Crippen MR) is 109 cm³/mol. The van der Waals surface area contributed by atoms with Gasteiger partial charge in [0.1, 0.15) is 5.75 Å². The third-order valence-electron chi connectivity index (χ3n) is 3.31. The van der Waals surface area contributed by atoms with Gasteiger partial charge in [0.25, 0.3) is 0 Å². The first-order valence-corrected chi connectivity index (χ1v) is 8.03. The number of carbonyl (C=O) groups excluding carboxylic acids is 1. The van der Waals surface area contributed by atoms with Crippen LogP contribution in [-0.2, 0) is 11.2 Å². The van der Waals surface area contributed by atoms with Crippen molar-refractivity contribution < 1.29 is 9.53 Å². The number of nitrogens with one attached hydrogen (secondary N) is 3. The molecule has 0 aromatic heterocycles. The number of ether oxygens (including phenoxy) is 1. The van der Waals surface area contributed by atoms with Crippen LogP contribution in [0.2, 0.25) is 0 Å². The van der Waals surface area contributed by atoms with Crippen molar-refractivity contribution >= 4 is 35.8 Å². The molecule has 1 amide bonds. The topological polar surface area (TPSA) is 74.8 Å². The molecule has 0 aliphatic rings. The van der Waals surface area contributed by atoms with Crippen LogP contribution in [0, 0.1) is 0 Å². The van der Waals surface area contributed by atoms with Gasteiger partial charge in [-0.2, -0.15) is 0 Å². The molecule has 0 spiro atoms. The van der Waals surface area contributed by atoms with Crippen molar-refractivity contribution in [2.45, 2.75) is 26.2 Å². The molecule has 6 nitrogen and oxygen atoms in total. The highest BCUT2D eigenvalue weighted by atomic mass is 127. The number of benzene rings is 1. The predicted octanol–water partition coefficient (Wildman–Crippen LogP) is 1.94. The third-order valence-corrected chi connectivity index (χ3v) is 3.31. The van der Waals surface area contributed by atoms with Crippen molar-refractivity contribution in [1.82, 2.24) is 16.0 Å². The lowest BCUT2D eigenvalue weighted by atomic mass is 10.1. The van der Waals surface area contributed by atoms with Crippen LogP contribution in [0.1, 0.15) is 25.3 Å². The van der Waals surface area contributed by atoms with Crippen LogP contribution in [0.15, 0.2) is 29.3 Å². The number of aliphatic imine (C=N–C) groups is 1. The van der Waals surface area contributed by atoms with Gasteiger partial charge in [-0.1, -0.05) is 19.1 Å². The number of hydrogen-bond acceptors (Lipinski definition) is 3. The molecule has 136 valence electrons. The molecule has 24 heavy (non-hydrogen) atoms. The quantitative estimate of drug-likeness (QED) is 0.307. The first-order chi connectivity index (χ1) is 11.2. The van der Waals surface area contributed by atoms with E-state index in [0.29, 0.717) is 18.9 Å². The largest absolute Gasteiger partial charge is 0.497 e. The van der Waals surface area contributed by atoms with Crippen LogP contribution in [0.25, 0.3) is 0 Å². The minimum Gasteiger partial charge on any atom is -0.497 e. The second-order valence-corrected chi connectivity index (χ2v) is 5.12. The molecule has 0 saturated heterocycles. The van der Waals surface area contributed by atoms with E-state index in [9.17, 15) is 4.79 Å². The number of rotatable bonds is 9. The zero-order chi connectivity index (χ0) is 16.9. The van der Waals surface area contributed by atoms with Crippen LogP contribution in [0.4, 0.5) is 0 Å². The Morgan fingerprint density at radius 2 is 1.75 bits per heavy atom. The van der Waals surface area contributed by atoms with Gasteiger partial charge in [0.05, 0.1) is 7.11 Å². The molecule has 0 bridgehead atoms. The van der Waals surface area contributed by atoms with Gasteiger partial charge in [0.15, 0.2) is 5.96 Å². The molecule has 0 unspecified atom stereocenters. The molecule has 0 aliphatic carbocycles. The van der Waals surface area contributed by atoms with Gasteiger partial charge >= 0.3 is 0 Å². The lowest BCUT2D eigenvalue weighted by Gasteiger charge is -2.12. The SMILES string of the molecule is CCCNC(=O)CCNC(=NC)NCCc1ccc(OC)cc1.I. The number of halogens is 1. The van der Waals surface area contributed by atoms with E-state index in [1.807, 2.05) is 19.1 Å². The van der Waals surface area contributed by atoms with Crippen LogP contribution in [0.5, 0.6) is 5.75 Å². The molecule has 0 atom stereocenters. The first-order valence-electron chi connectivity index (χ1n) is 8.03. The minimum atomic E-state index is 0. The van der Waals surface area contributed by atoms with Crippen molar-refractivity contribution in [2.75, 3.05) is 33.8 Å². The molecule has 0 saturated carbocycles. The molecule has 1 rings (SSSR count). The van der Waals surface area contributed by atoms with Crippen LogP contribution in [0.3, 0.4) is 0 Å². The van der Waals surface area contributed by atoms with Crippen molar-refractivity contribution in [3.8, 4) is 5.75 Å². The summed E-state index contributed by atoms with van der Waals surface area (Å²) in [6, 6.07) is 8.01. The highest BCUT2D eigenvalue weighted by Gasteiger charge is 2.02. The van der Waals surface area contributed by atoms with Gasteiger partial charge < -0.3 is 20.7 Å².